The Morgan fingerprint density at radius 3 is 2.26 bits per heavy atom. The molecular weight excluding hydrogens is 255 g/mol. The van der Waals surface area contributed by atoms with Crippen molar-refractivity contribution in [2.45, 2.75) is 37.9 Å². The summed E-state index contributed by atoms with van der Waals surface area (Å²) < 4.78 is 41.5. The van der Waals surface area contributed by atoms with Crippen molar-refractivity contribution in [3.63, 3.8) is 0 Å². The third-order valence-corrected chi connectivity index (χ3v) is 3.13. The lowest BCUT2D eigenvalue weighted by molar-refractivity contribution is -0.136. The Morgan fingerprint density at radius 2 is 1.79 bits per heavy atom. The van der Waals surface area contributed by atoms with Gasteiger partial charge in [0.1, 0.15) is 5.75 Å². The molecular formula is C14H20F3NO. The number of methoxy groups -OCH3 is 1. The highest BCUT2D eigenvalue weighted by molar-refractivity contribution is 5.27. The van der Waals surface area contributed by atoms with Gasteiger partial charge in [-0.15, -0.1) is 0 Å². The summed E-state index contributed by atoms with van der Waals surface area (Å²) in [6.07, 6.45) is -3.24. The Morgan fingerprint density at radius 1 is 1.16 bits per heavy atom. The van der Waals surface area contributed by atoms with E-state index in [2.05, 4.69) is 5.32 Å². The van der Waals surface area contributed by atoms with Gasteiger partial charge in [-0.25, -0.2) is 0 Å². The fourth-order valence-corrected chi connectivity index (χ4v) is 1.90. The Kier molecular flexibility index (Phi) is 6.15. The van der Waals surface area contributed by atoms with Crippen LogP contribution in [0.2, 0.25) is 0 Å². The molecule has 0 saturated carbocycles. The summed E-state index contributed by atoms with van der Waals surface area (Å²) in [4.78, 5) is 0. The number of benzene rings is 1. The lowest BCUT2D eigenvalue weighted by Crippen LogP contribution is -2.27. The van der Waals surface area contributed by atoms with Crippen LogP contribution in [0.3, 0.4) is 0 Å². The summed E-state index contributed by atoms with van der Waals surface area (Å²) in [6, 6.07) is 7.49. The average Bonchev–Trinajstić information content (AvgIpc) is 2.38. The number of ether oxygens (including phenoxy) is 1. The molecule has 1 aromatic carbocycles. The van der Waals surface area contributed by atoms with Crippen LogP contribution in [0.1, 0.15) is 24.8 Å². The monoisotopic (exact) mass is 275 g/mol. The molecule has 2 nitrogen and oxygen atoms in total. The molecule has 0 saturated heterocycles. The molecule has 5 heteroatoms. The smallest absolute Gasteiger partial charge is 0.389 e. The molecule has 0 bridgehead atoms. The maximum atomic E-state index is 12.2. The summed E-state index contributed by atoms with van der Waals surface area (Å²) >= 11 is 0. The first kappa shape index (κ1) is 15.8. The number of hydrogen-bond acceptors (Lipinski definition) is 2. The largest absolute Gasteiger partial charge is 0.497 e. The van der Waals surface area contributed by atoms with Gasteiger partial charge in [-0.05, 0) is 44.0 Å². The highest BCUT2D eigenvalue weighted by atomic mass is 19.4. The topological polar surface area (TPSA) is 21.3 Å². The summed E-state index contributed by atoms with van der Waals surface area (Å²) in [5.74, 6) is 0.783. The van der Waals surface area contributed by atoms with E-state index in [1.54, 1.807) is 14.2 Å². The van der Waals surface area contributed by atoms with E-state index in [4.69, 9.17) is 4.74 Å². The Labute approximate surface area is 112 Å². The van der Waals surface area contributed by atoms with Gasteiger partial charge in [0, 0.05) is 12.5 Å². The van der Waals surface area contributed by atoms with Gasteiger partial charge < -0.3 is 10.1 Å². The van der Waals surface area contributed by atoms with Crippen molar-refractivity contribution in [1.29, 1.82) is 0 Å². The molecule has 0 aliphatic carbocycles. The van der Waals surface area contributed by atoms with E-state index in [0.29, 0.717) is 6.42 Å². The van der Waals surface area contributed by atoms with E-state index >= 15 is 0 Å². The molecule has 1 N–H and O–H groups in total. The molecule has 0 spiro atoms. The molecule has 19 heavy (non-hydrogen) atoms. The van der Waals surface area contributed by atoms with E-state index in [9.17, 15) is 13.2 Å². The maximum absolute atomic E-state index is 12.2. The van der Waals surface area contributed by atoms with E-state index in [1.165, 1.54) is 0 Å². The van der Waals surface area contributed by atoms with E-state index in [1.807, 2.05) is 24.3 Å². The molecule has 0 aliphatic rings. The molecule has 108 valence electrons. The molecule has 0 heterocycles. The second kappa shape index (κ2) is 7.38. The minimum absolute atomic E-state index is 0.108. The Balaban J connectivity index is 2.39. The lowest BCUT2D eigenvalue weighted by atomic mass is 10.0. The van der Waals surface area contributed by atoms with Crippen LogP contribution in [-0.2, 0) is 6.42 Å². The SMILES string of the molecule is CNC(CCc1ccc(OC)cc1)CCC(F)(F)F. The first-order valence-electron chi connectivity index (χ1n) is 6.31. The predicted octanol–water partition coefficient (Wildman–Crippen LogP) is 3.56. The van der Waals surface area contributed by atoms with Crippen molar-refractivity contribution in [3.05, 3.63) is 29.8 Å². The van der Waals surface area contributed by atoms with Crippen LogP contribution in [0, 0.1) is 0 Å². The molecule has 0 amide bonds. The van der Waals surface area contributed by atoms with Crippen LogP contribution in [0.25, 0.3) is 0 Å². The molecule has 1 unspecified atom stereocenters. The van der Waals surface area contributed by atoms with E-state index < -0.39 is 12.6 Å². The van der Waals surface area contributed by atoms with Crippen molar-refractivity contribution in [2.24, 2.45) is 0 Å². The number of halogens is 3. The van der Waals surface area contributed by atoms with Crippen molar-refractivity contribution in [1.82, 2.24) is 5.32 Å². The zero-order valence-electron chi connectivity index (χ0n) is 11.3. The number of alkyl halides is 3. The lowest BCUT2D eigenvalue weighted by Gasteiger charge is -2.17. The molecule has 0 aromatic heterocycles. The highest BCUT2D eigenvalue weighted by Crippen LogP contribution is 2.23. The highest BCUT2D eigenvalue weighted by Gasteiger charge is 2.27. The maximum Gasteiger partial charge on any atom is 0.389 e. The van der Waals surface area contributed by atoms with Gasteiger partial charge in [0.15, 0.2) is 0 Å². The van der Waals surface area contributed by atoms with Crippen LogP contribution >= 0.6 is 0 Å². The standard InChI is InChI=1S/C14H20F3NO/c1-18-12(9-10-14(15,16)17)6-3-11-4-7-13(19-2)8-5-11/h4-5,7-8,12,18H,3,6,9-10H2,1-2H3. The summed E-state index contributed by atoms with van der Waals surface area (Å²) in [6.45, 7) is 0. The number of hydrogen-bond donors (Lipinski definition) is 1. The van der Waals surface area contributed by atoms with Crippen LogP contribution in [0.4, 0.5) is 13.2 Å². The summed E-state index contributed by atoms with van der Waals surface area (Å²) in [7, 11) is 3.30. The van der Waals surface area contributed by atoms with Crippen LogP contribution in [-0.4, -0.2) is 26.4 Å². The second-order valence-corrected chi connectivity index (χ2v) is 4.53. The van der Waals surface area contributed by atoms with Gasteiger partial charge in [-0.2, -0.15) is 13.2 Å². The first-order chi connectivity index (χ1) is 8.94. The van der Waals surface area contributed by atoms with Gasteiger partial charge in [0.25, 0.3) is 0 Å². The molecule has 1 atom stereocenters. The van der Waals surface area contributed by atoms with Crippen LogP contribution < -0.4 is 10.1 Å². The Bertz CT molecular complexity index is 362. The minimum atomic E-state index is -4.07. The van der Waals surface area contributed by atoms with Crippen molar-refractivity contribution < 1.29 is 17.9 Å². The quantitative estimate of drug-likeness (QED) is 0.821. The van der Waals surface area contributed by atoms with Crippen molar-refractivity contribution >= 4 is 0 Å². The fraction of sp³-hybridized carbons (Fsp3) is 0.571. The molecule has 1 rings (SSSR count). The fourth-order valence-electron chi connectivity index (χ4n) is 1.90. The third kappa shape index (κ3) is 6.47. The molecule has 0 fully saturated rings. The van der Waals surface area contributed by atoms with E-state index in [-0.39, 0.29) is 12.5 Å². The van der Waals surface area contributed by atoms with Crippen molar-refractivity contribution in [3.8, 4) is 5.75 Å². The third-order valence-electron chi connectivity index (χ3n) is 3.13. The van der Waals surface area contributed by atoms with Gasteiger partial charge in [0.05, 0.1) is 7.11 Å². The zero-order valence-corrected chi connectivity index (χ0v) is 11.3. The molecule has 1 aromatic rings. The summed E-state index contributed by atoms with van der Waals surface area (Å²) in [5.41, 5.74) is 1.10. The minimum Gasteiger partial charge on any atom is -0.497 e. The number of rotatable bonds is 7. The number of aryl methyl sites for hydroxylation is 1. The Hall–Kier alpha value is -1.23. The first-order valence-corrected chi connectivity index (χ1v) is 6.31. The second-order valence-electron chi connectivity index (χ2n) is 4.53. The van der Waals surface area contributed by atoms with Gasteiger partial charge in [-0.1, -0.05) is 12.1 Å². The van der Waals surface area contributed by atoms with Gasteiger partial charge in [0.2, 0.25) is 0 Å². The van der Waals surface area contributed by atoms with E-state index in [0.717, 1.165) is 17.7 Å². The average molecular weight is 275 g/mol. The number of nitrogens with one attached hydrogen (secondary N) is 1. The van der Waals surface area contributed by atoms with Gasteiger partial charge in [-0.3, -0.25) is 0 Å². The zero-order chi connectivity index (χ0) is 14.3. The molecule has 0 aliphatic heterocycles. The van der Waals surface area contributed by atoms with Crippen LogP contribution in [0.15, 0.2) is 24.3 Å². The van der Waals surface area contributed by atoms with Gasteiger partial charge >= 0.3 is 6.18 Å². The molecule has 0 radical (unpaired) electrons. The van der Waals surface area contributed by atoms with Crippen molar-refractivity contribution in [2.75, 3.05) is 14.2 Å². The normalized spacial score (nSPS) is 13.3. The van der Waals surface area contributed by atoms with Crippen LogP contribution in [0.5, 0.6) is 5.75 Å². The summed E-state index contributed by atoms with van der Waals surface area (Å²) in [5, 5.41) is 2.94. The predicted molar refractivity (Wildman–Crippen MR) is 69.5 cm³/mol.